The standard InChI is InChI=1S/C32H16Br2N4/c33-27-14-26(24-6-2-4-22-20-10-8-18(16-36)12-30(20)38-32(22)24)28(34)13-25(27)23-5-1-3-21-19-9-7-17(15-35)11-29(19)37-31(21)23/h1-14,37-38H. The normalized spacial score (nSPS) is 11.4. The summed E-state index contributed by atoms with van der Waals surface area (Å²) in [6, 6.07) is 32.8. The number of aromatic amines is 2. The number of fused-ring (bicyclic) bond motifs is 6. The van der Waals surface area contributed by atoms with Gasteiger partial charge in [0.25, 0.3) is 0 Å². The van der Waals surface area contributed by atoms with Crippen LogP contribution in [0.15, 0.2) is 93.9 Å². The first-order valence-electron chi connectivity index (χ1n) is 11.9. The van der Waals surface area contributed by atoms with Crippen LogP contribution in [0.2, 0.25) is 0 Å². The number of nitrogens with one attached hydrogen (secondary N) is 2. The van der Waals surface area contributed by atoms with Crippen molar-refractivity contribution in [1.29, 1.82) is 10.5 Å². The van der Waals surface area contributed by atoms with Crippen molar-refractivity contribution >= 4 is 75.5 Å². The van der Waals surface area contributed by atoms with Gasteiger partial charge in [0, 0.05) is 52.7 Å². The summed E-state index contributed by atoms with van der Waals surface area (Å²) >= 11 is 7.72. The van der Waals surface area contributed by atoms with E-state index in [1.807, 2.05) is 36.4 Å². The summed E-state index contributed by atoms with van der Waals surface area (Å²) in [5, 5.41) is 23.1. The predicted molar refractivity (Wildman–Crippen MR) is 161 cm³/mol. The summed E-state index contributed by atoms with van der Waals surface area (Å²) in [6.07, 6.45) is 0. The van der Waals surface area contributed by atoms with E-state index in [0.29, 0.717) is 11.1 Å². The van der Waals surface area contributed by atoms with Gasteiger partial charge in [0.2, 0.25) is 0 Å². The molecule has 0 unspecified atom stereocenters. The lowest BCUT2D eigenvalue weighted by Crippen LogP contribution is -1.88. The predicted octanol–water partition coefficient (Wildman–Crippen LogP) is 9.56. The fraction of sp³-hybridized carbons (Fsp3) is 0. The number of benzene rings is 5. The molecule has 0 aliphatic heterocycles. The zero-order valence-corrected chi connectivity index (χ0v) is 22.9. The highest BCUT2D eigenvalue weighted by molar-refractivity contribution is 9.11. The SMILES string of the molecule is N#Cc1ccc2c(c1)[nH]c1c(-c3cc(Br)c(-c4cccc5c4[nH]c4cc(C#N)ccc45)cc3Br)cccc12. The molecule has 7 rings (SSSR count). The van der Waals surface area contributed by atoms with Crippen LogP contribution in [0.1, 0.15) is 11.1 Å². The van der Waals surface area contributed by atoms with Crippen LogP contribution in [-0.2, 0) is 0 Å². The molecule has 0 fully saturated rings. The third-order valence-corrected chi connectivity index (χ3v) is 8.48. The molecule has 0 saturated carbocycles. The molecule has 0 bridgehead atoms. The molecule has 0 spiro atoms. The molecule has 0 amide bonds. The van der Waals surface area contributed by atoms with E-state index in [1.165, 1.54) is 0 Å². The highest BCUT2D eigenvalue weighted by Crippen LogP contribution is 2.43. The first kappa shape index (κ1) is 22.8. The van der Waals surface area contributed by atoms with E-state index in [1.54, 1.807) is 0 Å². The fourth-order valence-corrected chi connectivity index (χ4v) is 6.52. The van der Waals surface area contributed by atoms with Gasteiger partial charge >= 0.3 is 0 Å². The Hall–Kier alpha value is -4.36. The number of aromatic nitrogens is 2. The smallest absolute Gasteiger partial charge is 0.0992 e. The second-order valence-corrected chi connectivity index (χ2v) is 11.0. The van der Waals surface area contributed by atoms with Crippen LogP contribution in [0.3, 0.4) is 0 Å². The van der Waals surface area contributed by atoms with Gasteiger partial charge in [-0.1, -0.05) is 80.4 Å². The molecule has 2 heterocycles. The number of rotatable bonds is 2. The molecule has 0 radical (unpaired) electrons. The molecule has 0 atom stereocenters. The Bertz CT molecular complexity index is 2030. The van der Waals surface area contributed by atoms with Crippen molar-refractivity contribution in [2.75, 3.05) is 0 Å². The van der Waals surface area contributed by atoms with Crippen molar-refractivity contribution in [2.45, 2.75) is 0 Å². The Morgan fingerprint density at radius 2 is 0.947 bits per heavy atom. The Morgan fingerprint density at radius 3 is 1.37 bits per heavy atom. The highest BCUT2D eigenvalue weighted by Gasteiger charge is 2.17. The molecular formula is C32H16Br2N4. The fourth-order valence-electron chi connectivity index (χ4n) is 5.40. The van der Waals surface area contributed by atoms with Crippen molar-refractivity contribution < 1.29 is 0 Å². The largest absolute Gasteiger partial charge is 0.354 e. The van der Waals surface area contributed by atoms with E-state index in [4.69, 9.17) is 0 Å². The first-order valence-corrected chi connectivity index (χ1v) is 13.5. The molecule has 2 N–H and O–H groups in total. The van der Waals surface area contributed by atoms with Gasteiger partial charge in [-0.3, -0.25) is 0 Å². The van der Waals surface area contributed by atoms with Crippen LogP contribution in [-0.4, -0.2) is 9.97 Å². The number of hydrogen-bond donors (Lipinski definition) is 2. The zero-order chi connectivity index (χ0) is 26.0. The molecule has 0 aliphatic carbocycles. The van der Waals surface area contributed by atoms with Gasteiger partial charge in [-0.15, -0.1) is 0 Å². The molecule has 0 aliphatic rings. The van der Waals surface area contributed by atoms with Crippen LogP contribution < -0.4 is 0 Å². The molecule has 38 heavy (non-hydrogen) atoms. The minimum absolute atomic E-state index is 0.633. The summed E-state index contributed by atoms with van der Waals surface area (Å²) in [7, 11) is 0. The van der Waals surface area contributed by atoms with E-state index in [2.05, 4.69) is 102 Å². The quantitative estimate of drug-likeness (QED) is 0.203. The summed E-state index contributed by atoms with van der Waals surface area (Å²) < 4.78 is 1.94. The van der Waals surface area contributed by atoms with Crippen molar-refractivity contribution in [2.24, 2.45) is 0 Å². The molecule has 4 nitrogen and oxygen atoms in total. The van der Waals surface area contributed by atoms with Crippen molar-refractivity contribution in [3.05, 3.63) is 105 Å². The number of halogens is 2. The molecule has 5 aromatic carbocycles. The lowest BCUT2D eigenvalue weighted by Gasteiger charge is -2.13. The average molecular weight is 616 g/mol. The number of hydrogen-bond acceptors (Lipinski definition) is 2. The van der Waals surface area contributed by atoms with Crippen molar-refractivity contribution in [1.82, 2.24) is 9.97 Å². The third-order valence-electron chi connectivity index (χ3n) is 7.16. The number of nitrogens with zero attached hydrogens (tertiary/aromatic N) is 2. The van der Waals surface area contributed by atoms with Gasteiger partial charge in [0.1, 0.15) is 0 Å². The maximum Gasteiger partial charge on any atom is 0.0992 e. The Labute approximate surface area is 234 Å². The highest BCUT2D eigenvalue weighted by atomic mass is 79.9. The Morgan fingerprint density at radius 1 is 0.500 bits per heavy atom. The van der Waals surface area contributed by atoms with Gasteiger partial charge in [-0.2, -0.15) is 10.5 Å². The average Bonchev–Trinajstić information content (AvgIpc) is 3.51. The summed E-state index contributed by atoms with van der Waals surface area (Å²) in [5.41, 5.74) is 9.48. The van der Waals surface area contributed by atoms with E-state index in [9.17, 15) is 10.5 Å². The lowest BCUT2D eigenvalue weighted by atomic mass is 9.97. The van der Waals surface area contributed by atoms with Crippen molar-refractivity contribution in [3.63, 3.8) is 0 Å². The minimum Gasteiger partial charge on any atom is -0.354 e. The summed E-state index contributed by atoms with van der Waals surface area (Å²) in [5.74, 6) is 0. The molecular weight excluding hydrogens is 600 g/mol. The monoisotopic (exact) mass is 614 g/mol. The number of H-pyrrole nitrogens is 2. The van der Waals surface area contributed by atoms with E-state index >= 15 is 0 Å². The summed E-state index contributed by atoms with van der Waals surface area (Å²) in [4.78, 5) is 7.09. The van der Waals surface area contributed by atoms with E-state index < -0.39 is 0 Å². The second kappa shape index (κ2) is 8.60. The second-order valence-electron chi connectivity index (χ2n) is 9.26. The van der Waals surface area contributed by atoms with Crippen LogP contribution >= 0.6 is 31.9 Å². The first-order chi connectivity index (χ1) is 18.6. The van der Waals surface area contributed by atoms with Crippen LogP contribution in [0, 0.1) is 22.7 Å². The molecule has 7 aromatic rings. The van der Waals surface area contributed by atoms with Crippen molar-refractivity contribution in [3.8, 4) is 34.4 Å². The van der Waals surface area contributed by atoms with Crippen LogP contribution in [0.4, 0.5) is 0 Å². The topological polar surface area (TPSA) is 79.2 Å². The maximum absolute atomic E-state index is 9.33. The van der Waals surface area contributed by atoms with E-state index in [-0.39, 0.29) is 0 Å². The Kier molecular flexibility index (Phi) is 5.16. The van der Waals surface area contributed by atoms with Gasteiger partial charge < -0.3 is 9.97 Å². The van der Waals surface area contributed by atoms with Gasteiger partial charge in [-0.25, -0.2) is 0 Å². The van der Waals surface area contributed by atoms with Gasteiger partial charge in [0.05, 0.1) is 34.3 Å². The zero-order valence-electron chi connectivity index (χ0n) is 19.7. The van der Waals surface area contributed by atoms with Gasteiger partial charge in [0.15, 0.2) is 0 Å². The third kappa shape index (κ3) is 3.39. The van der Waals surface area contributed by atoms with Crippen LogP contribution in [0.5, 0.6) is 0 Å². The minimum atomic E-state index is 0.633. The molecule has 2 aromatic heterocycles. The molecule has 0 saturated heterocycles. The Balaban J connectivity index is 1.42. The number of para-hydroxylation sites is 2. The number of nitriles is 2. The molecule has 178 valence electrons. The summed E-state index contributed by atoms with van der Waals surface area (Å²) in [6.45, 7) is 0. The lowest BCUT2D eigenvalue weighted by molar-refractivity contribution is 1.47. The maximum atomic E-state index is 9.33. The van der Waals surface area contributed by atoms with Gasteiger partial charge in [-0.05, 0) is 47.5 Å². The molecule has 6 heteroatoms. The van der Waals surface area contributed by atoms with E-state index in [0.717, 1.165) is 74.8 Å². The van der Waals surface area contributed by atoms with Crippen LogP contribution in [0.25, 0.3) is 65.9 Å².